The third-order valence-corrected chi connectivity index (χ3v) is 3.46. The zero-order valence-corrected chi connectivity index (χ0v) is 10.7. The number of ether oxygens (including phenoxy) is 1. The van der Waals surface area contributed by atoms with Crippen LogP contribution in [0.5, 0.6) is 0 Å². The van der Waals surface area contributed by atoms with Crippen molar-refractivity contribution in [3.63, 3.8) is 0 Å². The molecule has 0 radical (unpaired) electrons. The number of aromatic nitrogens is 2. The number of nitrogens with one attached hydrogen (secondary N) is 1. The second-order valence-electron chi connectivity index (χ2n) is 3.12. The number of amides is 1. The molecule has 90 valence electrons. The van der Waals surface area contributed by atoms with Crippen LogP contribution in [0, 0.1) is 0 Å². The van der Waals surface area contributed by atoms with Gasteiger partial charge in [-0.05, 0) is 6.92 Å². The largest absolute Gasteiger partial charge is 0.383 e. The molecule has 1 amide bonds. The number of methoxy groups -OCH3 is 1. The van der Waals surface area contributed by atoms with Gasteiger partial charge in [0.2, 0.25) is 11.0 Å². The van der Waals surface area contributed by atoms with Crippen LogP contribution in [0.25, 0.3) is 0 Å². The van der Waals surface area contributed by atoms with Crippen LogP contribution < -0.4 is 11.1 Å². The highest BCUT2D eigenvalue weighted by Crippen LogP contribution is 2.22. The average molecular weight is 262 g/mol. The topological polar surface area (TPSA) is 90.1 Å². The number of hydrogen-bond acceptors (Lipinski definition) is 7. The summed E-state index contributed by atoms with van der Waals surface area (Å²) in [4.78, 5) is 11.4. The Morgan fingerprint density at radius 1 is 1.69 bits per heavy atom. The summed E-state index contributed by atoms with van der Waals surface area (Å²) >= 11 is 2.59. The summed E-state index contributed by atoms with van der Waals surface area (Å²) in [5, 5.41) is 10.7. The second-order valence-corrected chi connectivity index (χ2v) is 5.35. The van der Waals surface area contributed by atoms with Gasteiger partial charge in [0, 0.05) is 13.2 Å². The lowest BCUT2D eigenvalue weighted by Crippen LogP contribution is -2.36. The Balaban J connectivity index is 2.25. The maximum absolute atomic E-state index is 11.4. The van der Waals surface area contributed by atoms with E-state index >= 15 is 0 Å². The van der Waals surface area contributed by atoms with Gasteiger partial charge in [-0.25, -0.2) is 0 Å². The number of rotatable bonds is 6. The van der Waals surface area contributed by atoms with Crippen LogP contribution in [0.15, 0.2) is 4.34 Å². The molecular formula is C8H14N4O2S2. The van der Waals surface area contributed by atoms with E-state index in [1.54, 1.807) is 7.11 Å². The van der Waals surface area contributed by atoms with E-state index in [0.29, 0.717) is 21.8 Å². The number of nitrogen functional groups attached to an aromatic ring is 1. The summed E-state index contributed by atoms with van der Waals surface area (Å²) in [6, 6.07) is 0.0117. The molecule has 0 fully saturated rings. The van der Waals surface area contributed by atoms with Gasteiger partial charge in [-0.2, -0.15) is 0 Å². The molecule has 3 N–H and O–H groups in total. The van der Waals surface area contributed by atoms with Crippen molar-refractivity contribution < 1.29 is 9.53 Å². The second kappa shape index (κ2) is 6.66. The zero-order valence-electron chi connectivity index (χ0n) is 9.10. The highest BCUT2D eigenvalue weighted by molar-refractivity contribution is 8.01. The Morgan fingerprint density at radius 3 is 3.00 bits per heavy atom. The molecule has 0 saturated carbocycles. The van der Waals surface area contributed by atoms with Gasteiger partial charge in [-0.1, -0.05) is 23.1 Å². The van der Waals surface area contributed by atoms with Gasteiger partial charge < -0.3 is 15.8 Å². The molecule has 0 bridgehead atoms. The first-order chi connectivity index (χ1) is 7.61. The van der Waals surface area contributed by atoms with Crippen LogP contribution in [0.1, 0.15) is 6.92 Å². The van der Waals surface area contributed by atoms with E-state index in [4.69, 9.17) is 10.5 Å². The van der Waals surface area contributed by atoms with Crippen molar-refractivity contribution in [1.29, 1.82) is 0 Å². The quantitative estimate of drug-likeness (QED) is 0.720. The number of nitrogens with zero attached hydrogens (tertiary/aromatic N) is 2. The van der Waals surface area contributed by atoms with Crippen LogP contribution >= 0.6 is 23.1 Å². The first kappa shape index (κ1) is 13.2. The fraction of sp³-hybridized carbons (Fsp3) is 0.625. The van der Waals surface area contributed by atoms with Crippen molar-refractivity contribution >= 4 is 34.1 Å². The Kier molecular flexibility index (Phi) is 5.50. The van der Waals surface area contributed by atoms with Gasteiger partial charge in [-0.15, -0.1) is 10.2 Å². The standard InChI is InChI=1S/C8H14N4O2S2/c1-5(3-14-2)10-6(13)4-15-8-12-11-7(9)16-8/h5H,3-4H2,1-2H3,(H2,9,11)(H,10,13)/t5-/m1/s1. The summed E-state index contributed by atoms with van der Waals surface area (Å²) in [6.07, 6.45) is 0. The van der Waals surface area contributed by atoms with Gasteiger partial charge in [-0.3, -0.25) is 4.79 Å². The molecule has 1 rings (SSSR count). The first-order valence-corrected chi connectivity index (χ1v) is 6.42. The van der Waals surface area contributed by atoms with Crippen LogP contribution in [-0.2, 0) is 9.53 Å². The molecule has 6 nitrogen and oxygen atoms in total. The molecule has 0 aromatic carbocycles. The lowest BCUT2D eigenvalue weighted by atomic mass is 10.3. The van der Waals surface area contributed by atoms with Gasteiger partial charge >= 0.3 is 0 Å². The maximum Gasteiger partial charge on any atom is 0.230 e. The molecule has 1 aromatic heterocycles. The first-order valence-electron chi connectivity index (χ1n) is 4.62. The number of nitrogens with two attached hydrogens (primary N) is 1. The Bertz CT molecular complexity index is 345. The molecule has 8 heteroatoms. The Labute approximate surface area is 102 Å². The van der Waals surface area contributed by atoms with E-state index in [0.717, 1.165) is 0 Å². The predicted octanol–water partition coefficient (Wildman–Crippen LogP) is 0.363. The van der Waals surface area contributed by atoms with Crippen LogP contribution in [0.3, 0.4) is 0 Å². The number of hydrogen-bond donors (Lipinski definition) is 2. The molecule has 1 heterocycles. The minimum Gasteiger partial charge on any atom is -0.383 e. The zero-order chi connectivity index (χ0) is 12.0. The molecule has 0 aliphatic carbocycles. The number of carbonyl (C=O) groups excluding carboxylic acids is 1. The average Bonchev–Trinajstić information content (AvgIpc) is 2.61. The molecule has 1 aromatic rings. The van der Waals surface area contributed by atoms with Crippen molar-refractivity contribution in [1.82, 2.24) is 15.5 Å². The predicted molar refractivity (Wildman–Crippen MR) is 64.5 cm³/mol. The lowest BCUT2D eigenvalue weighted by molar-refractivity contribution is -0.119. The summed E-state index contributed by atoms with van der Waals surface area (Å²) in [6.45, 7) is 2.39. The Hall–Kier alpha value is -0.860. The third-order valence-electron chi connectivity index (χ3n) is 1.57. The van der Waals surface area contributed by atoms with Crippen molar-refractivity contribution in [2.75, 3.05) is 25.2 Å². The number of carbonyl (C=O) groups is 1. The van der Waals surface area contributed by atoms with E-state index in [1.807, 2.05) is 6.92 Å². The summed E-state index contributed by atoms with van der Waals surface area (Å²) in [7, 11) is 1.60. The van der Waals surface area contributed by atoms with Crippen molar-refractivity contribution in [2.45, 2.75) is 17.3 Å². The Morgan fingerprint density at radius 2 is 2.44 bits per heavy atom. The molecule has 1 atom stereocenters. The molecule has 0 aliphatic heterocycles. The molecule has 0 unspecified atom stereocenters. The van der Waals surface area contributed by atoms with Gasteiger partial charge in [0.1, 0.15) is 0 Å². The molecular weight excluding hydrogens is 248 g/mol. The lowest BCUT2D eigenvalue weighted by Gasteiger charge is -2.11. The van der Waals surface area contributed by atoms with E-state index in [-0.39, 0.29) is 11.9 Å². The number of thioether (sulfide) groups is 1. The SMILES string of the molecule is COC[C@@H](C)NC(=O)CSc1nnc(N)s1. The van der Waals surface area contributed by atoms with Crippen LogP contribution in [0.4, 0.5) is 5.13 Å². The van der Waals surface area contributed by atoms with Crippen molar-refractivity contribution in [3.05, 3.63) is 0 Å². The van der Waals surface area contributed by atoms with Crippen molar-refractivity contribution in [2.24, 2.45) is 0 Å². The van der Waals surface area contributed by atoms with Crippen LogP contribution in [-0.4, -0.2) is 41.6 Å². The highest BCUT2D eigenvalue weighted by atomic mass is 32.2. The smallest absolute Gasteiger partial charge is 0.230 e. The summed E-state index contributed by atoms with van der Waals surface area (Å²) in [5.74, 6) is 0.256. The fourth-order valence-corrected chi connectivity index (χ4v) is 2.46. The van der Waals surface area contributed by atoms with E-state index in [1.165, 1.54) is 23.1 Å². The van der Waals surface area contributed by atoms with Crippen molar-refractivity contribution in [3.8, 4) is 0 Å². The fourth-order valence-electron chi connectivity index (χ4n) is 1.01. The normalized spacial score (nSPS) is 12.4. The maximum atomic E-state index is 11.4. The minimum absolute atomic E-state index is 0.0117. The van der Waals surface area contributed by atoms with Gasteiger partial charge in [0.05, 0.1) is 12.4 Å². The molecule has 0 spiro atoms. The molecule has 0 saturated heterocycles. The van der Waals surface area contributed by atoms with E-state index < -0.39 is 0 Å². The van der Waals surface area contributed by atoms with Gasteiger partial charge in [0.25, 0.3) is 0 Å². The molecule has 0 aliphatic rings. The van der Waals surface area contributed by atoms with Crippen LogP contribution in [0.2, 0.25) is 0 Å². The highest BCUT2D eigenvalue weighted by Gasteiger charge is 2.09. The van der Waals surface area contributed by atoms with E-state index in [2.05, 4.69) is 15.5 Å². The van der Waals surface area contributed by atoms with E-state index in [9.17, 15) is 4.79 Å². The monoisotopic (exact) mass is 262 g/mol. The summed E-state index contributed by atoms with van der Waals surface area (Å²) in [5.41, 5.74) is 5.42. The summed E-state index contributed by atoms with van der Waals surface area (Å²) < 4.78 is 5.61. The minimum atomic E-state index is -0.0525. The number of anilines is 1. The third kappa shape index (κ3) is 4.77. The van der Waals surface area contributed by atoms with Gasteiger partial charge in [0.15, 0.2) is 4.34 Å². The molecule has 16 heavy (non-hydrogen) atoms.